The zero-order valence-electron chi connectivity index (χ0n) is 6.32. The average Bonchev–Trinajstić information content (AvgIpc) is 1.88. The molecule has 11 heavy (non-hydrogen) atoms. The standard InChI is InChI=1S/C7H13NO2.ClH/c1-2-3-4-5-6(8)7(9)10;/h2,6H,1,3-5,8H2,(H,9,10);1H. The van der Waals surface area contributed by atoms with Crippen LogP contribution in [-0.2, 0) is 4.79 Å². The molecule has 66 valence electrons. The smallest absolute Gasteiger partial charge is 0.320 e. The van der Waals surface area contributed by atoms with Crippen LogP contribution in [0.1, 0.15) is 19.3 Å². The topological polar surface area (TPSA) is 63.3 Å². The zero-order valence-corrected chi connectivity index (χ0v) is 7.14. The van der Waals surface area contributed by atoms with Crippen LogP contribution in [0.3, 0.4) is 0 Å². The predicted octanol–water partition coefficient (Wildman–Crippen LogP) is 1.18. The molecule has 0 saturated heterocycles. The van der Waals surface area contributed by atoms with Gasteiger partial charge in [0.15, 0.2) is 0 Å². The summed E-state index contributed by atoms with van der Waals surface area (Å²) in [6.45, 7) is 3.51. The van der Waals surface area contributed by atoms with Gasteiger partial charge >= 0.3 is 5.97 Å². The first-order valence-electron chi connectivity index (χ1n) is 3.27. The van der Waals surface area contributed by atoms with E-state index in [2.05, 4.69) is 6.58 Å². The number of rotatable bonds is 5. The number of unbranched alkanes of at least 4 members (excludes halogenated alkanes) is 1. The Hall–Kier alpha value is -0.540. The molecule has 0 radical (unpaired) electrons. The van der Waals surface area contributed by atoms with Crippen molar-refractivity contribution in [3.8, 4) is 0 Å². The van der Waals surface area contributed by atoms with Crippen molar-refractivity contribution in [1.82, 2.24) is 0 Å². The molecule has 0 rings (SSSR count). The number of hydrogen-bond acceptors (Lipinski definition) is 2. The van der Waals surface area contributed by atoms with E-state index >= 15 is 0 Å². The minimum absolute atomic E-state index is 0. The lowest BCUT2D eigenvalue weighted by Gasteiger charge is -2.02. The summed E-state index contributed by atoms with van der Waals surface area (Å²) in [5, 5.41) is 8.33. The molecule has 0 aromatic carbocycles. The summed E-state index contributed by atoms with van der Waals surface area (Å²) >= 11 is 0. The van der Waals surface area contributed by atoms with E-state index in [1.807, 2.05) is 0 Å². The van der Waals surface area contributed by atoms with Crippen LogP contribution in [-0.4, -0.2) is 17.1 Å². The predicted molar refractivity (Wildman–Crippen MR) is 46.9 cm³/mol. The maximum absolute atomic E-state index is 10.1. The Bertz CT molecular complexity index is 128. The van der Waals surface area contributed by atoms with Gasteiger partial charge in [0.25, 0.3) is 0 Å². The fourth-order valence-electron chi connectivity index (χ4n) is 0.606. The molecule has 3 nitrogen and oxygen atoms in total. The Morgan fingerprint density at radius 2 is 2.27 bits per heavy atom. The first-order valence-corrected chi connectivity index (χ1v) is 3.27. The third-order valence-corrected chi connectivity index (χ3v) is 1.24. The highest BCUT2D eigenvalue weighted by molar-refractivity contribution is 5.85. The Morgan fingerprint density at radius 1 is 1.73 bits per heavy atom. The van der Waals surface area contributed by atoms with Crippen LogP contribution in [0.2, 0.25) is 0 Å². The Labute approximate surface area is 72.7 Å². The van der Waals surface area contributed by atoms with Crippen molar-refractivity contribution in [3.05, 3.63) is 12.7 Å². The molecule has 0 bridgehead atoms. The molecule has 0 heterocycles. The summed E-state index contributed by atoms with van der Waals surface area (Å²) in [5.41, 5.74) is 5.22. The van der Waals surface area contributed by atoms with Crippen molar-refractivity contribution in [3.63, 3.8) is 0 Å². The second-order valence-corrected chi connectivity index (χ2v) is 2.16. The van der Waals surface area contributed by atoms with Crippen LogP contribution in [0, 0.1) is 0 Å². The zero-order chi connectivity index (χ0) is 7.98. The molecule has 1 unspecified atom stereocenters. The molecule has 0 fully saturated rings. The number of halogens is 1. The van der Waals surface area contributed by atoms with Crippen LogP contribution >= 0.6 is 12.4 Å². The van der Waals surface area contributed by atoms with Crippen LogP contribution in [0.5, 0.6) is 0 Å². The van der Waals surface area contributed by atoms with Gasteiger partial charge in [-0.3, -0.25) is 4.79 Å². The Balaban J connectivity index is 0. The summed E-state index contributed by atoms with van der Waals surface area (Å²) in [6, 6.07) is -0.708. The van der Waals surface area contributed by atoms with Crippen LogP contribution < -0.4 is 5.73 Å². The number of nitrogens with two attached hydrogens (primary N) is 1. The molecule has 4 heteroatoms. The summed E-state index contributed by atoms with van der Waals surface area (Å²) < 4.78 is 0. The highest BCUT2D eigenvalue weighted by Gasteiger charge is 2.08. The average molecular weight is 180 g/mol. The maximum Gasteiger partial charge on any atom is 0.320 e. The quantitative estimate of drug-likeness (QED) is 0.492. The Morgan fingerprint density at radius 3 is 2.64 bits per heavy atom. The molecular formula is C7H14ClNO2. The molecule has 0 saturated carbocycles. The molecule has 3 N–H and O–H groups in total. The first kappa shape index (κ1) is 13.1. The summed E-state index contributed by atoms with van der Waals surface area (Å²) in [5.74, 6) is -0.927. The van der Waals surface area contributed by atoms with Gasteiger partial charge in [0.1, 0.15) is 6.04 Å². The molecule has 0 spiro atoms. The molecule has 0 aliphatic rings. The van der Waals surface area contributed by atoms with Crippen LogP contribution in [0.4, 0.5) is 0 Å². The van der Waals surface area contributed by atoms with E-state index in [0.29, 0.717) is 6.42 Å². The Kier molecular flexibility index (Phi) is 9.00. The largest absolute Gasteiger partial charge is 0.480 e. The number of aliphatic carboxylic acids is 1. The van der Waals surface area contributed by atoms with Gasteiger partial charge in [-0.25, -0.2) is 0 Å². The van der Waals surface area contributed by atoms with Gasteiger partial charge in [0, 0.05) is 0 Å². The highest BCUT2D eigenvalue weighted by Crippen LogP contribution is 1.98. The van der Waals surface area contributed by atoms with E-state index in [-0.39, 0.29) is 12.4 Å². The van der Waals surface area contributed by atoms with Crippen molar-refractivity contribution < 1.29 is 9.90 Å². The lowest BCUT2D eigenvalue weighted by atomic mass is 10.1. The fourth-order valence-corrected chi connectivity index (χ4v) is 0.606. The molecule has 0 aromatic heterocycles. The molecule has 0 amide bonds. The molecule has 1 atom stereocenters. The fraction of sp³-hybridized carbons (Fsp3) is 0.571. The van der Waals surface area contributed by atoms with Crippen molar-refractivity contribution >= 4 is 18.4 Å². The van der Waals surface area contributed by atoms with Gasteiger partial charge in [-0.05, 0) is 19.3 Å². The molecule has 0 aliphatic heterocycles. The lowest BCUT2D eigenvalue weighted by molar-refractivity contribution is -0.138. The molecular weight excluding hydrogens is 166 g/mol. The monoisotopic (exact) mass is 179 g/mol. The second kappa shape index (κ2) is 7.57. The van der Waals surface area contributed by atoms with Gasteiger partial charge < -0.3 is 10.8 Å². The van der Waals surface area contributed by atoms with Crippen LogP contribution in [0.15, 0.2) is 12.7 Å². The van der Waals surface area contributed by atoms with Gasteiger partial charge in [0.2, 0.25) is 0 Å². The van der Waals surface area contributed by atoms with Crippen molar-refractivity contribution in [2.75, 3.05) is 0 Å². The van der Waals surface area contributed by atoms with Crippen LogP contribution in [0.25, 0.3) is 0 Å². The van der Waals surface area contributed by atoms with Crippen molar-refractivity contribution in [2.24, 2.45) is 5.73 Å². The normalized spacial score (nSPS) is 11.4. The third-order valence-electron chi connectivity index (χ3n) is 1.24. The third kappa shape index (κ3) is 7.36. The van der Waals surface area contributed by atoms with E-state index in [0.717, 1.165) is 12.8 Å². The van der Waals surface area contributed by atoms with Gasteiger partial charge in [-0.15, -0.1) is 19.0 Å². The second-order valence-electron chi connectivity index (χ2n) is 2.16. The number of allylic oxidation sites excluding steroid dienone is 1. The van der Waals surface area contributed by atoms with E-state index in [1.54, 1.807) is 6.08 Å². The number of carboxylic acid groups (broad SMARTS) is 1. The first-order chi connectivity index (χ1) is 4.68. The summed E-state index contributed by atoms with van der Waals surface area (Å²) in [7, 11) is 0. The minimum Gasteiger partial charge on any atom is -0.480 e. The number of carbonyl (C=O) groups is 1. The number of carboxylic acids is 1. The van der Waals surface area contributed by atoms with E-state index in [1.165, 1.54) is 0 Å². The van der Waals surface area contributed by atoms with E-state index in [4.69, 9.17) is 10.8 Å². The minimum atomic E-state index is -0.927. The summed E-state index contributed by atoms with van der Waals surface area (Å²) in [6.07, 6.45) is 3.92. The van der Waals surface area contributed by atoms with Crippen molar-refractivity contribution in [1.29, 1.82) is 0 Å². The number of hydrogen-bond donors (Lipinski definition) is 2. The van der Waals surface area contributed by atoms with Crippen molar-refractivity contribution in [2.45, 2.75) is 25.3 Å². The van der Waals surface area contributed by atoms with E-state index in [9.17, 15) is 4.79 Å². The van der Waals surface area contributed by atoms with Gasteiger partial charge in [-0.1, -0.05) is 6.08 Å². The molecule has 0 aliphatic carbocycles. The van der Waals surface area contributed by atoms with Gasteiger partial charge in [-0.2, -0.15) is 0 Å². The SMILES string of the molecule is C=CCCCC(N)C(=O)O.Cl. The van der Waals surface area contributed by atoms with E-state index < -0.39 is 12.0 Å². The summed E-state index contributed by atoms with van der Waals surface area (Å²) in [4.78, 5) is 10.1. The maximum atomic E-state index is 10.1. The molecule has 0 aromatic rings. The van der Waals surface area contributed by atoms with Gasteiger partial charge in [0.05, 0.1) is 0 Å². The highest BCUT2D eigenvalue weighted by atomic mass is 35.5. The lowest BCUT2D eigenvalue weighted by Crippen LogP contribution is -2.29.